The van der Waals surface area contributed by atoms with E-state index < -0.39 is 0 Å². The number of carbonyl (C=O) groups excluding carboxylic acids is 2. The van der Waals surface area contributed by atoms with Crippen molar-refractivity contribution in [3.8, 4) is 11.5 Å². The van der Waals surface area contributed by atoms with Crippen LogP contribution in [0.1, 0.15) is 6.92 Å². The summed E-state index contributed by atoms with van der Waals surface area (Å²) in [5.74, 6) is 0.270. The number of furan rings is 1. The Hall–Kier alpha value is -2.90. The molecule has 0 unspecified atom stereocenters. The number of rotatable bonds is 5. The fourth-order valence-electron chi connectivity index (χ4n) is 2.50. The van der Waals surface area contributed by atoms with Crippen LogP contribution in [-0.4, -0.2) is 46.1 Å². The van der Waals surface area contributed by atoms with Gasteiger partial charge in [-0.3, -0.25) is 14.4 Å². The van der Waals surface area contributed by atoms with E-state index >= 15 is 0 Å². The van der Waals surface area contributed by atoms with Gasteiger partial charge in [0.25, 0.3) is 5.56 Å². The van der Waals surface area contributed by atoms with Crippen LogP contribution in [0.25, 0.3) is 11.5 Å². The van der Waals surface area contributed by atoms with Gasteiger partial charge in [0, 0.05) is 32.6 Å². The number of likely N-dealkylation sites (tertiary alicyclic amines) is 1. The maximum absolute atomic E-state index is 12.0. The summed E-state index contributed by atoms with van der Waals surface area (Å²) in [4.78, 5) is 36.5. The Morgan fingerprint density at radius 2 is 2.12 bits per heavy atom. The molecule has 0 aliphatic carbocycles. The van der Waals surface area contributed by atoms with Crippen molar-refractivity contribution in [2.75, 3.05) is 19.6 Å². The van der Waals surface area contributed by atoms with Crippen molar-refractivity contribution in [1.29, 1.82) is 0 Å². The van der Waals surface area contributed by atoms with E-state index in [4.69, 9.17) is 4.42 Å². The lowest BCUT2D eigenvalue weighted by atomic mass is 9.99. The van der Waals surface area contributed by atoms with Gasteiger partial charge in [-0.2, -0.15) is 5.10 Å². The molecule has 0 atom stereocenters. The number of nitrogens with one attached hydrogen (secondary N) is 1. The Labute approximate surface area is 138 Å². The van der Waals surface area contributed by atoms with Crippen molar-refractivity contribution >= 4 is 11.8 Å². The number of aromatic nitrogens is 2. The molecular formula is C16H18N4O4. The van der Waals surface area contributed by atoms with Gasteiger partial charge < -0.3 is 14.6 Å². The van der Waals surface area contributed by atoms with E-state index in [1.807, 2.05) is 0 Å². The highest BCUT2D eigenvalue weighted by Crippen LogP contribution is 2.16. The lowest BCUT2D eigenvalue weighted by Gasteiger charge is -2.37. The van der Waals surface area contributed by atoms with Crippen molar-refractivity contribution in [1.82, 2.24) is 20.0 Å². The molecule has 1 aliphatic rings. The second-order valence-corrected chi connectivity index (χ2v) is 5.67. The van der Waals surface area contributed by atoms with Crippen molar-refractivity contribution < 1.29 is 14.0 Å². The van der Waals surface area contributed by atoms with Gasteiger partial charge in [-0.25, -0.2) is 4.68 Å². The van der Waals surface area contributed by atoms with Gasteiger partial charge >= 0.3 is 0 Å². The molecule has 0 spiro atoms. The van der Waals surface area contributed by atoms with E-state index in [9.17, 15) is 14.4 Å². The highest BCUT2D eigenvalue weighted by molar-refractivity contribution is 5.83. The number of amides is 2. The van der Waals surface area contributed by atoms with Crippen LogP contribution in [0.2, 0.25) is 0 Å². The molecule has 8 nitrogen and oxygen atoms in total. The molecule has 3 rings (SSSR count). The van der Waals surface area contributed by atoms with Gasteiger partial charge in [-0.05, 0) is 18.2 Å². The first-order valence-corrected chi connectivity index (χ1v) is 7.70. The van der Waals surface area contributed by atoms with Crippen LogP contribution in [0.15, 0.2) is 39.7 Å². The SMILES string of the molecule is CC(=O)N1CC(C(=O)NCCn2nc(-c3ccco3)ccc2=O)C1. The smallest absolute Gasteiger partial charge is 0.266 e. The van der Waals surface area contributed by atoms with E-state index in [1.54, 1.807) is 23.1 Å². The average molecular weight is 330 g/mol. The molecule has 1 saturated heterocycles. The van der Waals surface area contributed by atoms with Crippen molar-refractivity contribution in [2.24, 2.45) is 5.92 Å². The largest absolute Gasteiger partial charge is 0.463 e. The summed E-state index contributed by atoms with van der Waals surface area (Å²) in [5.41, 5.74) is 0.313. The Balaban J connectivity index is 1.54. The molecule has 24 heavy (non-hydrogen) atoms. The molecule has 2 amide bonds. The normalized spacial score (nSPS) is 14.3. The van der Waals surface area contributed by atoms with Gasteiger partial charge in [0.1, 0.15) is 5.69 Å². The molecule has 0 bridgehead atoms. The molecule has 2 aromatic rings. The Kier molecular flexibility index (Phi) is 4.45. The Morgan fingerprint density at radius 3 is 2.79 bits per heavy atom. The van der Waals surface area contributed by atoms with Crippen LogP contribution in [0.4, 0.5) is 0 Å². The monoisotopic (exact) mass is 330 g/mol. The summed E-state index contributed by atoms with van der Waals surface area (Å²) in [5, 5.41) is 7.01. The quantitative estimate of drug-likeness (QED) is 0.838. The Bertz CT molecular complexity index is 791. The molecular weight excluding hydrogens is 312 g/mol. The van der Waals surface area contributed by atoms with E-state index in [0.717, 1.165) is 0 Å². The van der Waals surface area contributed by atoms with E-state index in [1.165, 1.54) is 23.9 Å². The van der Waals surface area contributed by atoms with Crippen LogP contribution < -0.4 is 10.9 Å². The van der Waals surface area contributed by atoms with Crippen LogP contribution in [0.5, 0.6) is 0 Å². The van der Waals surface area contributed by atoms with Crippen molar-refractivity contribution in [2.45, 2.75) is 13.5 Å². The van der Waals surface area contributed by atoms with E-state index in [-0.39, 0.29) is 29.8 Å². The lowest BCUT2D eigenvalue weighted by molar-refractivity contribution is -0.141. The third-order valence-corrected chi connectivity index (χ3v) is 3.96. The average Bonchev–Trinajstić information content (AvgIpc) is 3.01. The summed E-state index contributed by atoms with van der Waals surface area (Å²) < 4.78 is 6.55. The number of carbonyl (C=O) groups is 2. The second-order valence-electron chi connectivity index (χ2n) is 5.67. The van der Waals surface area contributed by atoms with Crippen molar-refractivity contribution in [3.63, 3.8) is 0 Å². The third kappa shape index (κ3) is 3.37. The van der Waals surface area contributed by atoms with Crippen LogP contribution >= 0.6 is 0 Å². The first-order chi connectivity index (χ1) is 11.5. The first kappa shape index (κ1) is 16.0. The molecule has 8 heteroatoms. The van der Waals surface area contributed by atoms with Gasteiger partial charge in [-0.1, -0.05) is 0 Å². The van der Waals surface area contributed by atoms with Gasteiger partial charge in [0.05, 0.1) is 18.7 Å². The van der Waals surface area contributed by atoms with Gasteiger partial charge in [0.15, 0.2) is 5.76 Å². The summed E-state index contributed by atoms with van der Waals surface area (Å²) in [6, 6.07) is 6.52. The van der Waals surface area contributed by atoms with Crippen LogP contribution in [-0.2, 0) is 16.1 Å². The topological polar surface area (TPSA) is 97.4 Å². The molecule has 3 heterocycles. The second kappa shape index (κ2) is 6.69. The van der Waals surface area contributed by atoms with Crippen LogP contribution in [0.3, 0.4) is 0 Å². The van der Waals surface area contributed by atoms with E-state index in [0.29, 0.717) is 31.1 Å². The highest BCUT2D eigenvalue weighted by atomic mass is 16.3. The molecule has 1 aliphatic heterocycles. The van der Waals surface area contributed by atoms with Crippen molar-refractivity contribution in [3.05, 3.63) is 40.9 Å². The number of hydrogen-bond acceptors (Lipinski definition) is 5. The molecule has 0 saturated carbocycles. The summed E-state index contributed by atoms with van der Waals surface area (Å²) in [7, 11) is 0. The highest BCUT2D eigenvalue weighted by Gasteiger charge is 2.33. The summed E-state index contributed by atoms with van der Waals surface area (Å²) >= 11 is 0. The summed E-state index contributed by atoms with van der Waals surface area (Å²) in [6.45, 7) is 2.95. The van der Waals surface area contributed by atoms with Crippen LogP contribution in [0, 0.1) is 5.92 Å². The molecule has 0 aromatic carbocycles. The predicted molar refractivity (Wildman–Crippen MR) is 85.0 cm³/mol. The zero-order chi connectivity index (χ0) is 17.1. The molecule has 126 valence electrons. The molecule has 2 aromatic heterocycles. The predicted octanol–water partition coefficient (Wildman–Crippen LogP) is 0.0978. The molecule has 0 radical (unpaired) electrons. The maximum Gasteiger partial charge on any atom is 0.266 e. The first-order valence-electron chi connectivity index (χ1n) is 7.70. The summed E-state index contributed by atoms with van der Waals surface area (Å²) in [6.07, 6.45) is 1.54. The van der Waals surface area contributed by atoms with E-state index in [2.05, 4.69) is 10.4 Å². The fraction of sp³-hybridized carbons (Fsp3) is 0.375. The molecule has 1 N–H and O–H groups in total. The number of hydrogen-bond donors (Lipinski definition) is 1. The lowest BCUT2D eigenvalue weighted by Crippen LogP contribution is -2.55. The zero-order valence-corrected chi connectivity index (χ0v) is 13.3. The number of nitrogens with zero attached hydrogens (tertiary/aromatic N) is 3. The maximum atomic E-state index is 12.0. The third-order valence-electron chi connectivity index (χ3n) is 3.96. The standard InChI is InChI=1S/C16H18N4O4/c1-11(21)19-9-12(10-19)16(23)17-6-7-20-15(22)5-4-13(18-20)14-3-2-8-24-14/h2-5,8,12H,6-7,9-10H2,1H3,(H,17,23). The van der Waals surface area contributed by atoms with Gasteiger partial charge in [0.2, 0.25) is 11.8 Å². The Morgan fingerprint density at radius 1 is 1.33 bits per heavy atom. The zero-order valence-electron chi connectivity index (χ0n) is 13.3. The molecule has 1 fully saturated rings. The minimum Gasteiger partial charge on any atom is -0.463 e. The fourth-order valence-corrected chi connectivity index (χ4v) is 2.50. The van der Waals surface area contributed by atoms with Gasteiger partial charge in [-0.15, -0.1) is 0 Å². The minimum atomic E-state index is -0.244. The minimum absolute atomic E-state index is 0.0236.